The van der Waals surface area contributed by atoms with Gasteiger partial charge in [0, 0.05) is 13.1 Å². The molecule has 0 fully saturated rings. The zero-order valence-corrected chi connectivity index (χ0v) is 13.4. The lowest BCUT2D eigenvalue weighted by molar-refractivity contribution is 0.0433. The third-order valence-corrected chi connectivity index (χ3v) is 3.25. The minimum Gasteiger partial charge on any atom is -0.456 e. The number of nitrogens with zero attached hydrogens (tertiary/aromatic N) is 2. The lowest BCUT2D eigenvalue weighted by atomic mass is 10.2. The first-order chi connectivity index (χ1) is 11.6. The van der Waals surface area contributed by atoms with Gasteiger partial charge in [0.25, 0.3) is 0 Å². The Morgan fingerprint density at radius 1 is 1.12 bits per heavy atom. The fourth-order valence-corrected chi connectivity index (χ4v) is 2.13. The highest BCUT2D eigenvalue weighted by Crippen LogP contribution is 2.21. The summed E-state index contributed by atoms with van der Waals surface area (Å²) in [5, 5.41) is 0. The third kappa shape index (κ3) is 3.78. The average molecular weight is 324 g/mol. The second-order valence-corrected chi connectivity index (χ2v) is 5.16. The number of ether oxygens (including phenoxy) is 2. The molecular weight excluding hydrogens is 308 g/mol. The Morgan fingerprint density at radius 3 is 2.54 bits per heavy atom. The molecule has 0 aliphatic heterocycles. The number of hydrogen-bond acceptors (Lipinski definition) is 6. The topological polar surface area (TPSA) is 74.5 Å². The van der Waals surface area contributed by atoms with Crippen LogP contribution in [-0.2, 0) is 11.3 Å². The lowest BCUT2D eigenvalue weighted by Crippen LogP contribution is -2.05. The number of pyridine rings is 1. The highest BCUT2D eigenvalue weighted by atomic mass is 16.5. The molecule has 0 aliphatic rings. The van der Waals surface area contributed by atoms with Crippen molar-refractivity contribution >= 4 is 5.97 Å². The zero-order chi connectivity index (χ0) is 16.9. The van der Waals surface area contributed by atoms with E-state index < -0.39 is 5.97 Å². The predicted octanol–water partition coefficient (Wildman–Crippen LogP) is 3.84. The standard InChI is InChI=1S/C18H16N2O4/c1-12-17(23-13(2)20-12)18(21)22-11-14-5-7-15(8-6-14)24-16-4-3-9-19-10-16/h3-10H,11H2,1-2H3. The van der Waals surface area contributed by atoms with Crippen LogP contribution in [0.1, 0.15) is 27.7 Å². The maximum absolute atomic E-state index is 12.0. The van der Waals surface area contributed by atoms with Gasteiger partial charge in [-0.1, -0.05) is 12.1 Å². The molecule has 2 aromatic heterocycles. The number of carbonyl (C=O) groups is 1. The summed E-state index contributed by atoms with van der Waals surface area (Å²) >= 11 is 0. The van der Waals surface area contributed by atoms with Gasteiger partial charge >= 0.3 is 5.97 Å². The van der Waals surface area contributed by atoms with Gasteiger partial charge in [0.1, 0.15) is 18.1 Å². The Balaban J connectivity index is 1.58. The van der Waals surface area contributed by atoms with Gasteiger partial charge < -0.3 is 13.9 Å². The number of rotatable bonds is 5. The summed E-state index contributed by atoms with van der Waals surface area (Å²) in [6.45, 7) is 3.54. The van der Waals surface area contributed by atoms with Crippen LogP contribution < -0.4 is 4.74 Å². The number of aryl methyl sites for hydroxylation is 2. The van der Waals surface area contributed by atoms with Crippen molar-refractivity contribution in [2.24, 2.45) is 0 Å². The van der Waals surface area contributed by atoms with Crippen LogP contribution in [0.3, 0.4) is 0 Å². The number of benzene rings is 1. The summed E-state index contributed by atoms with van der Waals surface area (Å²) in [5.41, 5.74) is 1.37. The van der Waals surface area contributed by atoms with Crippen molar-refractivity contribution < 1.29 is 18.7 Å². The summed E-state index contributed by atoms with van der Waals surface area (Å²) in [6.07, 6.45) is 3.32. The Kier molecular flexibility index (Phi) is 4.56. The summed E-state index contributed by atoms with van der Waals surface area (Å²) in [7, 11) is 0. The molecule has 0 N–H and O–H groups in total. The Hall–Kier alpha value is -3.15. The van der Waals surface area contributed by atoms with Crippen LogP contribution >= 0.6 is 0 Å². The number of hydrogen-bond donors (Lipinski definition) is 0. The first-order valence-electron chi connectivity index (χ1n) is 7.40. The summed E-state index contributed by atoms with van der Waals surface area (Å²) in [4.78, 5) is 20.0. The Labute approximate surface area is 139 Å². The Bertz CT molecular complexity index is 826. The van der Waals surface area contributed by atoms with Gasteiger partial charge in [0.15, 0.2) is 5.89 Å². The predicted molar refractivity (Wildman–Crippen MR) is 85.8 cm³/mol. The van der Waals surface area contributed by atoms with Crippen LogP contribution in [-0.4, -0.2) is 15.9 Å². The van der Waals surface area contributed by atoms with Gasteiger partial charge in [0.05, 0.1) is 11.9 Å². The molecule has 1 aromatic carbocycles. The van der Waals surface area contributed by atoms with Crippen LogP contribution in [0.15, 0.2) is 53.2 Å². The summed E-state index contributed by atoms with van der Waals surface area (Å²) in [5.74, 6) is 1.40. The van der Waals surface area contributed by atoms with E-state index in [1.165, 1.54) is 0 Å². The molecule has 0 aliphatic carbocycles. The van der Waals surface area contributed by atoms with E-state index >= 15 is 0 Å². The van der Waals surface area contributed by atoms with Crippen LogP contribution in [0.25, 0.3) is 0 Å². The normalized spacial score (nSPS) is 10.4. The van der Waals surface area contributed by atoms with E-state index in [0.717, 1.165) is 5.56 Å². The maximum atomic E-state index is 12.0. The van der Waals surface area contributed by atoms with E-state index in [2.05, 4.69) is 9.97 Å². The summed E-state index contributed by atoms with van der Waals surface area (Å²) in [6, 6.07) is 10.9. The van der Waals surface area contributed by atoms with Crippen LogP contribution in [0.4, 0.5) is 0 Å². The molecule has 24 heavy (non-hydrogen) atoms. The van der Waals surface area contributed by atoms with Crippen LogP contribution in [0.2, 0.25) is 0 Å². The van der Waals surface area contributed by atoms with Crippen molar-refractivity contribution in [2.45, 2.75) is 20.5 Å². The van der Waals surface area contributed by atoms with Crippen molar-refractivity contribution in [1.29, 1.82) is 0 Å². The molecule has 3 aromatic rings. The van der Waals surface area contributed by atoms with Gasteiger partial charge in [-0.25, -0.2) is 9.78 Å². The van der Waals surface area contributed by atoms with Crippen molar-refractivity contribution in [3.63, 3.8) is 0 Å². The van der Waals surface area contributed by atoms with Crippen molar-refractivity contribution in [2.75, 3.05) is 0 Å². The molecule has 0 saturated carbocycles. The van der Waals surface area contributed by atoms with Gasteiger partial charge in [-0.2, -0.15) is 0 Å². The Morgan fingerprint density at radius 2 is 1.92 bits per heavy atom. The molecule has 0 unspecified atom stereocenters. The molecule has 122 valence electrons. The second-order valence-electron chi connectivity index (χ2n) is 5.16. The number of esters is 1. The van der Waals surface area contributed by atoms with Gasteiger partial charge in [-0.3, -0.25) is 4.98 Å². The number of aromatic nitrogens is 2. The molecule has 0 atom stereocenters. The fraction of sp³-hybridized carbons (Fsp3) is 0.167. The smallest absolute Gasteiger partial charge is 0.376 e. The monoisotopic (exact) mass is 324 g/mol. The molecule has 0 bridgehead atoms. The molecule has 0 amide bonds. The quantitative estimate of drug-likeness (QED) is 0.664. The highest BCUT2D eigenvalue weighted by Gasteiger charge is 2.17. The van der Waals surface area contributed by atoms with Crippen LogP contribution in [0, 0.1) is 13.8 Å². The van der Waals surface area contributed by atoms with Crippen LogP contribution in [0.5, 0.6) is 11.5 Å². The van der Waals surface area contributed by atoms with Gasteiger partial charge in [-0.15, -0.1) is 0 Å². The van der Waals surface area contributed by atoms with E-state index in [9.17, 15) is 4.79 Å². The van der Waals surface area contributed by atoms with Gasteiger partial charge in [-0.05, 0) is 36.8 Å². The molecule has 0 saturated heterocycles. The molecule has 0 spiro atoms. The number of oxazole rings is 1. The molecule has 0 radical (unpaired) electrons. The molecule has 6 nitrogen and oxygen atoms in total. The van der Waals surface area contributed by atoms with Crippen molar-refractivity contribution in [3.05, 3.63) is 71.7 Å². The summed E-state index contributed by atoms with van der Waals surface area (Å²) < 4.78 is 16.1. The first kappa shape index (κ1) is 15.7. The van der Waals surface area contributed by atoms with E-state index in [0.29, 0.717) is 23.1 Å². The van der Waals surface area contributed by atoms with Crippen molar-refractivity contribution in [3.8, 4) is 11.5 Å². The largest absolute Gasteiger partial charge is 0.456 e. The molecule has 3 rings (SSSR count). The molecule has 6 heteroatoms. The molecular formula is C18H16N2O4. The number of carbonyl (C=O) groups excluding carboxylic acids is 1. The second kappa shape index (κ2) is 6.95. The van der Waals surface area contributed by atoms with E-state index in [-0.39, 0.29) is 12.4 Å². The lowest BCUT2D eigenvalue weighted by Gasteiger charge is -2.07. The third-order valence-electron chi connectivity index (χ3n) is 3.25. The van der Waals surface area contributed by atoms with Crippen molar-refractivity contribution in [1.82, 2.24) is 9.97 Å². The highest BCUT2D eigenvalue weighted by molar-refractivity contribution is 5.87. The van der Waals surface area contributed by atoms with E-state index in [1.54, 1.807) is 44.4 Å². The zero-order valence-electron chi connectivity index (χ0n) is 13.4. The minimum atomic E-state index is -0.524. The van der Waals surface area contributed by atoms with E-state index in [1.807, 2.05) is 18.2 Å². The van der Waals surface area contributed by atoms with E-state index in [4.69, 9.17) is 13.9 Å². The fourth-order valence-electron chi connectivity index (χ4n) is 2.13. The molecule has 2 heterocycles. The SMILES string of the molecule is Cc1nc(C)c(C(=O)OCc2ccc(Oc3cccnc3)cc2)o1. The van der Waals surface area contributed by atoms with Gasteiger partial charge in [0.2, 0.25) is 5.76 Å². The average Bonchev–Trinajstić information content (AvgIpc) is 2.93. The minimum absolute atomic E-state index is 0.143. The first-order valence-corrected chi connectivity index (χ1v) is 7.40. The maximum Gasteiger partial charge on any atom is 0.376 e.